The Bertz CT molecular complexity index is 1660. The van der Waals surface area contributed by atoms with Crippen LogP contribution in [0.5, 0.6) is 11.6 Å². The van der Waals surface area contributed by atoms with Crippen molar-refractivity contribution in [2.24, 2.45) is 4.99 Å². The number of benzene rings is 2. The molecule has 5 rings (SSSR count). The van der Waals surface area contributed by atoms with Gasteiger partial charge >= 0.3 is 0 Å². The van der Waals surface area contributed by atoms with Gasteiger partial charge in [0.05, 0.1) is 46.7 Å². The Kier molecular flexibility index (Phi) is 10.6. The summed E-state index contributed by atoms with van der Waals surface area (Å²) in [5, 5.41) is 5.88. The van der Waals surface area contributed by atoms with Crippen LogP contribution < -0.4 is 20.1 Å². The number of carbonyl (C=O) groups excluding carboxylic acids is 2. The number of fused-ring (bicyclic) bond motifs is 1. The minimum absolute atomic E-state index is 0.0798. The van der Waals surface area contributed by atoms with Gasteiger partial charge in [0.1, 0.15) is 23.7 Å². The van der Waals surface area contributed by atoms with E-state index in [1.165, 1.54) is 24.7 Å². The summed E-state index contributed by atoms with van der Waals surface area (Å²) in [7, 11) is 0. The van der Waals surface area contributed by atoms with E-state index < -0.39 is 23.8 Å². The molecule has 2 aromatic heterocycles. The Balaban J connectivity index is 0.00000207. The van der Waals surface area contributed by atoms with Gasteiger partial charge < -0.3 is 20.1 Å². The molecule has 0 spiro atoms. The number of halogens is 3. The molecule has 1 aliphatic heterocycles. The van der Waals surface area contributed by atoms with Gasteiger partial charge in [-0.25, -0.2) is 14.4 Å². The highest BCUT2D eigenvalue weighted by Gasteiger charge is 2.31. The van der Waals surface area contributed by atoms with Gasteiger partial charge in [-0.2, -0.15) is 0 Å². The number of amides is 2. The fourth-order valence-corrected chi connectivity index (χ4v) is 4.62. The van der Waals surface area contributed by atoms with Gasteiger partial charge in [-0.05, 0) is 31.2 Å². The number of pyridine rings is 1. The molecule has 13 heteroatoms. The van der Waals surface area contributed by atoms with E-state index in [0.717, 1.165) is 12.3 Å². The molecule has 2 N–H and O–H groups in total. The normalized spacial score (nSPS) is 13.8. The molecule has 1 atom stereocenters. The van der Waals surface area contributed by atoms with Crippen LogP contribution in [0.4, 0.5) is 10.1 Å². The number of hydrogen-bond acceptors (Lipinski definition) is 8. The van der Waals surface area contributed by atoms with E-state index in [-0.39, 0.29) is 28.8 Å². The zero-order valence-electron chi connectivity index (χ0n) is 23.4. The molecule has 0 aliphatic carbocycles. The van der Waals surface area contributed by atoms with Gasteiger partial charge in [0.25, 0.3) is 11.8 Å². The summed E-state index contributed by atoms with van der Waals surface area (Å²) >= 11 is 12.8. The lowest BCUT2D eigenvalue weighted by atomic mass is 9.99. The minimum Gasteiger partial charge on any atom is -0.493 e. The van der Waals surface area contributed by atoms with Crippen LogP contribution in [0, 0.1) is 5.82 Å². The molecule has 43 heavy (non-hydrogen) atoms. The van der Waals surface area contributed by atoms with Crippen molar-refractivity contribution in [2.45, 2.75) is 33.5 Å². The number of carbonyl (C=O) groups is 2. The Hall–Kier alpha value is -4.61. The van der Waals surface area contributed by atoms with Crippen LogP contribution in [-0.2, 0) is 11.4 Å². The lowest BCUT2D eigenvalue weighted by molar-refractivity contribution is -0.117. The van der Waals surface area contributed by atoms with Gasteiger partial charge in [0.15, 0.2) is 0 Å². The van der Waals surface area contributed by atoms with Gasteiger partial charge in [0, 0.05) is 23.0 Å². The summed E-state index contributed by atoms with van der Waals surface area (Å²) in [4.78, 5) is 43.2. The number of nitrogens with one attached hydrogen (secondary N) is 2. The number of aliphatic imine (C=N–C) groups is 1. The second-order valence-electron chi connectivity index (χ2n) is 8.57. The van der Waals surface area contributed by atoms with Crippen molar-refractivity contribution in [2.75, 3.05) is 11.9 Å². The number of ether oxygens (including phenoxy) is 2. The van der Waals surface area contributed by atoms with Crippen LogP contribution >= 0.6 is 23.2 Å². The monoisotopic (exact) mass is 624 g/mol. The fourth-order valence-electron chi connectivity index (χ4n) is 4.06. The first-order valence-corrected chi connectivity index (χ1v) is 14.0. The van der Waals surface area contributed by atoms with Crippen LogP contribution in [0.2, 0.25) is 10.0 Å². The number of benzodiazepines with no additional fused rings is 1. The molecule has 0 saturated heterocycles. The Morgan fingerprint density at radius 1 is 1.07 bits per heavy atom. The van der Waals surface area contributed by atoms with E-state index in [1.54, 1.807) is 37.3 Å². The van der Waals surface area contributed by atoms with Crippen molar-refractivity contribution in [3.63, 3.8) is 0 Å². The Labute approximate surface area is 257 Å². The molecular formula is C30H27Cl2FN6O4. The molecule has 4 aromatic rings. The first kappa shape index (κ1) is 31.3. The highest BCUT2D eigenvalue weighted by molar-refractivity contribution is 6.39. The molecule has 0 saturated carbocycles. The third-order valence-corrected chi connectivity index (χ3v) is 6.32. The third kappa shape index (κ3) is 7.43. The Morgan fingerprint density at radius 2 is 1.86 bits per heavy atom. The van der Waals surface area contributed by atoms with E-state index >= 15 is 0 Å². The van der Waals surface area contributed by atoms with Crippen molar-refractivity contribution in [3.05, 3.63) is 105 Å². The number of para-hydroxylation sites is 1. The molecule has 10 nitrogen and oxygen atoms in total. The molecule has 0 radical (unpaired) electrons. The van der Waals surface area contributed by atoms with E-state index in [2.05, 4.69) is 30.6 Å². The van der Waals surface area contributed by atoms with Crippen LogP contribution in [0.1, 0.15) is 48.0 Å². The van der Waals surface area contributed by atoms with Crippen molar-refractivity contribution < 1.29 is 23.5 Å². The van der Waals surface area contributed by atoms with Gasteiger partial charge in [0.2, 0.25) is 12.0 Å². The maximum absolute atomic E-state index is 14.2. The highest BCUT2D eigenvalue weighted by Crippen LogP contribution is 2.36. The van der Waals surface area contributed by atoms with Gasteiger partial charge in [-0.15, -0.1) is 0 Å². The molecule has 1 unspecified atom stereocenters. The number of hydrogen-bond donors (Lipinski definition) is 2. The first-order valence-electron chi connectivity index (χ1n) is 13.3. The number of aromatic nitrogens is 3. The average Bonchev–Trinajstić information content (AvgIpc) is 3.13. The fraction of sp³-hybridized carbons (Fsp3) is 0.200. The predicted octanol–water partition coefficient (Wildman–Crippen LogP) is 5.87. The second kappa shape index (κ2) is 14.5. The van der Waals surface area contributed by atoms with Crippen molar-refractivity contribution >= 4 is 46.4 Å². The van der Waals surface area contributed by atoms with E-state index in [0.29, 0.717) is 39.9 Å². The first-order chi connectivity index (χ1) is 20.8. The number of anilines is 1. The largest absolute Gasteiger partial charge is 0.493 e. The molecule has 222 valence electrons. The van der Waals surface area contributed by atoms with Crippen LogP contribution in [0.3, 0.4) is 0 Å². The second-order valence-corrected chi connectivity index (χ2v) is 9.42. The van der Waals surface area contributed by atoms with Gasteiger partial charge in [-0.3, -0.25) is 19.6 Å². The van der Waals surface area contributed by atoms with E-state index in [4.69, 9.17) is 32.7 Å². The summed E-state index contributed by atoms with van der Waals surface area (Å²) < 4.78 is 25.6. The minimum atomic E-state index is -1.46. The van der Waals surface area contributed by atoms with Gasteiger partial charge in [-0.1, -0.05) is 55.2 Å². The lowest BCUT2D eigenvalue weighted by Gasteiger charge is -2.17. The molecule has 0 bridgehead atoms. The number of rotatable bonds is 8. The zero-order valence-corrected chi connectivity index (χ0v) is 24.9. The topological polar surface area (TPSA) is 128 Å². The molecular weight excluding hydrogens is 598 g/mol. The van der Waals surface area contributed by atoms with Crippen LogP contribution in [0.25, 0.3) is 0 Å². The summed E-state index contributed by atoms with van der Waals surface area (Å²) in [5.41, 5.74) is 1.82. The molecule has 2 aromatic carbocycles. The summed E-state index contributed by atoms with van der Waals surface area (Å²) in [6, 6.07) is 11.0. The third-order valence-electron chi connectivity index (χ3n) is 5.81. The maximum Gasteiger partial charge on any atom is 0.269 e. The number of nitrogens with zero attached hydrogens (tertiary/aromatic N) is 4. The summed E-state index contributed by atoms with van der Waals surface area (Å²) in [6.45, 7) is 6.02. The van der Waals surface area contributed by atoms with E-state index in [1.807, 2.05) is 13.8 Å². The molecule has 1 aliphatic rings. The molecule has 2 amide bonds. The van der Waals surface area contributed by atoms with Crippen molar-refractivity contribution in [1.82, 2.24) is 20.3 Å². The Morgan fingerprint density at radius 3 is 2.60 bits per heavy atom. The van der Waals surface area contributed by atoms with Crippen molar-refractivity contribution in [1.29, 1.82) is 0 Å². The summed E-state index contributed by atoms with van der Waals surface area (Å²) in [5.74, 6) is -2.11. The van der Waals surface area contributed by atoms with Crippen LogP contribution in [-0.4, -0.2) is 45.3 Å². The quantitative estimate of drug-likeness (QED) is 0.251. The predicted molar refractivity (Wildman–Crippen MR) is 162 cm³/mol. The SMILES string of the molecule is CC.CCOc1cc(Cl)cc(Cl)c1C1=NC(NC(=O)c2cc(F)cnc2OCc2cnccn2)C(=O)Nc2ccccc21. The highest BCUT2D eigenvalue weighted by atomic mass is 35.5. The molecule has 3 heterocycles. The van der Waals surface area contributed by atoms with Crippen molar-refractivity contribution in [3.8, 4) is 11.6 Å². The average molecular weight is 625 g/mol. The standard InChI is InChI=1S/C28H21Cl2FN6O4.C2H6/c1-2-40-22-10-15(29)9-20(30)23(22)24-18-5-3-4-6-21(18)35-27(39)25(36-24)37-26(38)19-11-16(31)12-34-28(19)41-14-17-13-32-7-8-33-17;1-2/h3-13,25H,2,14H2,1H3,(H,35,39)(H,37,38);1-2H3. The smallest absolute Gasteiger partial charge is 0.269 e. The lowest BCUT2D eigenvalue weighted by Crippen LogP contribution is -2.42. The zero-order chi connectivity index (χ0) is 30.9. The van der Waals surface area contributed by atoms with Crippen LogP contribution in [0.15, 0.2) is 72.2 Å². The van der Waals surface area contributed by atoms with E-state index in [9.17, 15) is 14.0 Å². The summed E-state index contributed by atoms with van der Waals surface area (Å²) in [6.07, 6.45) is 3.91. The maximum atomic E-state index is 14.2. The molecule has 0 fully saturated rings.